The summed E-state index contributed by atoms with van der Waals surface area (Å²) in [4.78, 5) is 24.4. The number of ketones is 1. The number of nitrogens with one attached hydrogen (secondary N) is 2. The summed E-state index contributed by atoms with van der Waals surface area (Å²) in [5.41, 5.74) is 1.25. The zero-order valence-corrected chi connectivity index (χ0v) is 21.3. The number of anilines is 1. The minimum absolute atomic E-state index is 0.00477. The van der Waals surface area contributed by atoms with E-state index in [4.69, 9.17) is 0 Å². The Kier molecular flexibility index (Phi) is 6.29. The summed E-state index contributed by atoms with van der Waals surface area (Å²) < 4.78 is 66.3. The molecule has 5 rings (SSSR count). The summed E-state index contributed by atoms with van der Waals surface area (Å²) >= 11 is 0. The Labute approximate surface area is 217 Å². The summed E-state index contributed by atoms with van der Waals surface area (Å²) in [6, 6.07) is 14.1. The normalized spacial score (nSPS) is 11.9. The van der Waals surface area contributed by atoms with Crippen LogP contribution in [0.3, 0.4) is 0 Å². The number of benzene rings is 2. The fraction of sp³-hybridized carbons (Fsp3) is 0.0385. The number of fused-ring (bicyclic) bond motifs is 1. The molecule has 12 heteroatoms. The molecule has 2 aromatic carbocycles. The van der Waals surface area contributed by atoms with Crippen LogP contribution in [0, 0.1) is 5.82 Å². The van der Waals surface area contributed by atoms with E-state index in [1.54, 1.807) is 18.2 Å². The zero-order valence-electron chi connectivity index (χ0n) is 19.7. The molecule has 192 valence electrons. The molecule has 0 bridgehead atoms. The van der Waals surface area contributed by atoms with Gasteiger partial charge in [-0.2, -0.15) is 0 Å². The largest absolute Gasteiger partial charge is 0.345 e. The van der Waals surface area contributed by atoms with Gasteiger partial charge < -0.3 is 4.98 Å². The fourth-order valence-electron chi connectivity index (χ4n) is 3.88. The van der Waals surface area contributed by atoms with Gasteiger partial charge in [-0.1, -0.05) is 12.1 Å². The lowest BCUT2D eigenvalue weighted by molar-refractivity contribution is 0.103. The number of rotatable bonds is 7. The Balaban J connectivity index is 1.52. The molecule has 3 heterocycles. The van der Waals surface area contributed by atoms with Crippen LogP contribution < -0.4 is 4.72 Å². The predicted molar refractivity (Wildman–Crippen MR) is 140 cm³/mol. The van der Waals surface area contributed by atoms with Gasteiger partial charge in [0.05, 0.1) is 10.5 Å². The predicted octanol–water partition coefficient (Wildman–Crippen LogP) is 4.20. The van der Waals surface area contributed by atoms with Gasteiger partial charge in [0.2, 0.25) is 0 Å². The summed E-state index contributed by atoms with van der Waals surface area (Å²) in [5.74, 6) is -1.53. The maximum Gasteiger partial charge on any atom is 0.263 e. The number of carbonyl (C=O) groups is 1. The number of halogens is 1. The van der Waals surface area contributed by atoms with Crippen molar-refractivity contribution >= 4 is 42.4 Å². The van der Waals surface area contributed by atoms with Crippen molar-refractivity contribution in [3.63, 3.8) is 0 Å². The number of hydrogen-bond acceptors (Lipinski definition) is 7. The number of sulfonamides is 1. The molecule has 0 radical (unpaired) electrons. The highest BCUT2D eigenvalue weighted by molar-refractivity contribution is 7.92. The molecule has 0 aliphatic rings. The molecule has 0 aliphatic heterocycles. The van der Waals surface area contributed by atoms with E-state index < -0.39 is 31.5 Å². The second-order valence-corrected chi connectivity index (χ2v) is 12.1. The minimum Gasteiger partial charge on any atom is -0.345 e. The van der Waals surface area contributed by atoms with Gasteiger partial charge in [-0.15, -0.1) is 0 Å². The van der Waals surface area contributed by atoms with Crippen LogP contribution in [0.15, 0.2) is 95.2 Å². The molecule has 3 aromatic heterocycles. The van der Waals surface area contributed by atoms with Crippen molar-refractivity contribution in [1.82, 2.24) is 15.0 Å². The summed E-state index contributed by atoms with van der Waals surface area (Å²) in [6.45, 7) is 0. The third-order valence-corrected chi connectivity index (χ3v) is 8.26. The van der Waals surface area contributed by atoms with E-state index >= 15 is 0 Å². The smallest absolute Gasteiger partial charge is 0.263 e. The summed E-state index contributed by atoms with van der Waals surface area (Å²) in [7, 11) is -7.45. The van der Waals surface area contributed by atoms with Gasteiger partial charge in [0, 0.05) is 53.2 Å². The molecule has 9 nitrogen and oxygen atoms in total. The molecule has 5 aromatic rings. The Morgan fingerprint density at radius 1 is 0.895 bits per heavy atom. The van der Waals surface area contributed by atoms with Crippen molar-refractivity contribution in [3.05, 3.63) is 102 Å². The van der Waals surface area contributed by atoms with Crippen molar-refractivity contribution in [2.75, 3.05) is 11.0 Å². The van der Waals surface area contributed by atoms with E-state index in [0.717, 1.165) is 18.4 Å². The standard InChI is InChI=1S/C26H19FN4O5S2/c1-37(33,34)19-5-2-4-16(10-19)17-11-21-23(15-30-26(21)29-13-17)25(32)22-12-18(7-8-24(22)27)31-38(35,36)20-6-3-9-28-14-20/h2-15,31H,1H3,(H,29,30). The van der Waals surface area contributed by atoms with E-state index in [-0.39, 0.29) is 26.6 Å². The van der Waals surface area contributed by atoms with Crippen molar-refractivity contribution in [2.24, 2.45) is 0 Å². The van der Waals surface area contributed by atoms with Gasteiger partial charge in [0.25, 0.3) is 10.0 Å². The van der Waals surface area contributed by atoms with Crippen LogP contribution in [-0.4, -0.2) is 43.8 Å². The van der Waals surface area contributed by atoms with Gasteiger partial charge in [0.15, 0.2) is 15.6 Å². The highest BCUT2D eigenvalue weighted by atomic mass is 32.2. The first-order valence-electron chi connectivity index (χ1n) is 11.1. The average molecular weight is 551 g/mol. The van der Waals surface area contributed by atoms with Gasteiger partial charge in [-0.3, -0.25) is 14.5 Å². The van der Waals surface area contributed by atoms with Gasteiger partial charge in [-0.05, 0) is 54.1 Å². The first-order chi connectivity index (χ1) is 18.0. The highest BCUT2D eigenvalue weighted by Crippen LogP contribution is 2.29. The molecule has 0 fully saturated rings. The number of aromatic nitrogens is 3. The Hall–Kier alpha value is -4.42. The Morgan fingerprint density at radius 2 is 1.68 bits per heavy atom. The molecule has 0 spiro atoms. The first-order valence-corrected chi connectivity index (χ1v) is 14.4. The van der Waals surface area contributed by atoms with E-state index in [1.165, 1.54) is 55.1 Å². The Morgan fingerprint density at radius 3 is 2.42 bits per heavy atom. The topological polar surface area (TPSA) is 139 Å². The monoisotopic (exact) mass is 550 g/mol. The number of H-pyrrole nitrogens is 1. The Bertz CT molecular complexity index is 1920. The summed E-state index contributed by atoms with van der Waals surface area (Å²) in [6.07, 6.45) is 6.62. The number of hydrogen-bond donors (Lipinski definition) is 2. The van der Waals surface area contributed by atoms with Crippen molar-refractivity contribution < 1.29 is 26.0 Å². The van der Waals surface area contributed by atoms with E-state index in [9.17, 15) is 26.0 Å². The third-order valence-electron chi connectivity index (χ3n) is 5.78. The molecule has 2 N–H and O–H groups in total. The van der Waals surface area contributed by atoms with Gasteiger partial charge >= 0.3 is 0 Å². The van der Waals surface area contributed by atoms with Crippen LogP contribution in [0.4, 0.5) is 10.1 Å². The first kappa shape index (κ1) is 25.2. The maximum atomic E-state index is 14.8. The molecule has 0 amide bonds. The zero-order chi connectivity index (χ0) is 27.1. The molecule has 0 saturated heterocycles. The molecule has 0 aliphatic carbocycles. The lowest BCUT2D eigenvalue weighted by atomic mass is 10.0. The van der Waals surface area contributed by atoms with Crippen molar-refractivity contribution in [3.8, 4) is 11.1 Å². The second kappa shape index (κ2) is 9.47. The molecule has 0 saturated carbocycles. The van der Waals surface area contributed by atoms with E-state index in [1.807, 2.05) is 0 Å². The number of carbonyl (C=O) groups excluding carboxylic acids is 1. The second-order valence-electron chi connectivity index (χ2n) is 8.44. The quantitative estimate of drug-likeness (QED) is 0.290. The molecular weight excluding hydrogens is 531 g/mol. The number of nitrogens with zero attached hydrogens (tertiary/aromatic N) is 2. The fourth-order valence-corrected chi connectivity index (χ4v) is 5.56. The number of aromatic amines is 1. The highest BCUT2D eigenvalue weighted by Gasteiger charge is 2.21. The van der Waals surface area contributed by atoms with Crippen molar-refractivity contribution in [2.45, 2.75) is 9.79 Å². The minimum atomic E-state index is -4.01. The number of sulfone groups is 1. The third kappa shape index (κ3) is 4.91. The van der Waals surface area contributed by atoms with Gasteiger partial charge in [-0.25, -0.2) is 26.2 Å². The van der Waals surface area contributed by atoms with E-state index in [0.29, 0.717) is 22.2 Å². The lowest BCUT2D eigenvalue weighted by Crippen LogP contribution is -2.14. The average Bonchev–Trinajstić information content (AvgIpc) is 3.33. The molecule has 38 heavy (non-hydrogen) atoms. The molecule has 0 atom stereocenters. The van der Waals surface area contributed by atoms with Crippen LogP contribution in [0.2, 0.25) is 0 Å². The molecular formula is C26H19FN4O5S2. The van der Waals surface area contributed by atoms with Gasteiger partial charge in [0.1, 0.15) is 16.4 Å². The molecule has 0 unspecified atom stereocenters. The van der Waals surface area contributed by atoms with Crippen LogP contribution in [0.1, 0.15) is 15.9 Å². The number of pyridine rings is 2. The van der Waals surface area contributed by atoms with Crippen molar-refractivity contribution in [1.29, 1.82) is 0 Å². The SMILES string of the molecule is CS(=O)(=O)c1cccc(-c2cnc3[nH]cc(C(=O)c4cc(NS(=O)(=O)c5cccnc5)ccc4F)c3c2)c1. The van der Waals surface area contributed by atoms with E-state index in [2.05, 4.69) is 19.7 Å². The maximum absolute atomic E-state index is 14.8. The van der Waals surface area contributed by atoms with Crippen LogP contribution in [-0.2, 0) is 19.9 Å². The van der Waals surface area contributed by atoms with Crippen LogP contribution in [0.5, 0.6) is 0 Å². The van der Waals surface area contributed by atoms with Crippen LogP contribution >= 0.6 is 0 Å². The summed E-state index contributed by atoms with van der Waals surface area (Å²) in [5, 5.41) is 0.387. The van der Waals surface area contributed by atoms with Crippen LogP contribution in [0.25, 0.3) is 22.2 Å². The lowest BCUT2D eigenvalue weighted by Gasteiger charge is -2.10.